The molecule has 16 heavy (non-hydrogen) atoms. The molecular weight excluding hydrogens is 215 g/mol. The molecule has 0 amide bonds. The SMILES string of the molecule is CC(C)(C)CNc1cccc(C(F)(F)F)c1. The van der Waals surface area contributed by atoms with E-state index in [2.05, 4.69) is 5.32 Å². The van der Waals surface area contributed by atoms with Gasteiger partial charge in [-0.1, -0.05) is 26.8 Å². The Morgan fingerprint density at radius 2 is 1.75 bits per heavy atom. The van der Waals surface area contributed by atoms with E-state index in [9.17, 15) is 13.2 Å². The van der Waals surface area contributed by atoms with Gasteiger partial charge in [-0.05, 0) is 23.6 Å². The Kier molecular flexibility index (Phi) is 3.51. The van der Waals surface area contributed by atoms with Gasteiger partial charge in [-0.2, -0.15) is 13.2 Å². The predicted molar refractivity (Wildman–Crippen MR) is 59.4 cm³/mol. The Morgan fingerprint density at radius 3 is 2.25 bits per heavy atom. The van der Waals surface area contributed by atoms with Crippen LogP contribution in [0.3, 0.4) is 0 Å². The summed E-state index contributed by atoms with van der Waals surface area (Å²) in [5, 5.41) is 3.00. The first-order valence-corrected chi connectivity index (χ1v) is 5.10. The molecule has 4 heteroatoms. The summed E-state index contributed by atoms with van der Waals surface area (Å²) in [6.07, 6.45) is -4.28. The minimum Gasteiger partial charge on any atom is -0.385 e. The first kappa shape index (κ1) is 12.9. The third-order valence-electron chi connectivity index (χ3n) is 2.01. The van der Waals surface area contributed by atoms with Crippen LogP contribution in [0.1, 0.15) is 26.3 Å². The van der Waals surface area contributed by atoms with Crippen molar-refractivity contribution in [1.82, 2.24) is 0 Å². The second kappa shape index (κ2) is 4.36. The van der Waals surface area contributed by atoms with Gasteiger partial charge in [-0.15, -0.1) is 0 Å². The summed E-state index contributed by atoms with van der Waals surface area (Å²) in [7, 11) is 0. The van der Waals surface area contributed by atoms with Gasteiger partial charge in [0.1, 0.15) is 0 Å². The molecule has 90 valence electrons. The summed E-state index contributed by atoms with van der Waals surface area (Å²) in [4.78, 5) is 0. The van der Waals surface area contributed by atoms with Crippen LogP contribution in [-0.4, -0.2) is 6.54 Å². The average molecular weight is 231 g/mol. The fraction of sp³-hybridized carbons (Fsp3) is 0.500. The molecule has 0 radical (unpaired) electrons. The maximum Gasteiger partial charge on any atom is 0.416 e. The number of rotatable bonds is 2. The third-order valence-corrected chi connectivity index (χ3v) is 2.01. The Labute approximate surface area is 93.7 Å². The highest BCUT2D eigenvalue weighted by Gasteiger charge is 2.30. The molecular formula is C12H16F3N. The van der Waals surface area contributed by atoms with Crippen molar-refractivity contribution in [3.63, 3.8) is 0 Å². The van der Waals surface area contributed by atoms with Gasteiger partial charge >= 0.3 is 6.18 Å². The minimum atomic E-state index is -4.28. The van der Waals surface area contributed by atoms with Crippen molar-refractivity contribution in [1.29, 1.82) is 0 Å². The largest absolute Gasteiger partial charge is 0.416 e. The van der Waals surface area contributed by atoms with Crippen LogP contribution >= 0.6 is 0 Å². The molecule has 1 aromatic rings. The molecule has 0 aliphatic rings. The summed E-state index contributed by atoms with van der Waals surface area (Å²) in [6.45, 7) is 6.70. The predicted octanol–water partition coefficient (Wildman–Crippen LogP) is 4.16. The van der Waals surface area contributed by atoms with E-state index in [1.165, 1.54) is 6.07 Å². The molecule has 0 aliphatic heterocycles. The Bertz CT molecular complexity index is 350. The number of anilines is 1. The van der Waals surface area contributed by atoms with Crippen LogP contribution in [0, 0.1) is 5.41 Å². The zero-order valence-electron chi connectivity index (χ0n) is 9.65. The Morgan fingerprint density at radius 1 is 1.12 bits per heavy atom. The molecule has 0 aliphatic carbocycles. The lowest BCUT2D eigenvalue weighted by atomic mass is 9.97. The fourth-order valence-electron chi connectivity index (χ4n) is 1.17. The van der Waals surface area contributed by atoms with Gasteiger partial charge in [0.05, 0.1) is 5.56 Å². The average Bonchev–Trinajstić information content (AvgIpc) is 2.13. The summed E-state index contributed by atoms with van der Waals surface area (Å²) in [6, 6.07) is 5.25. The van der Waals surface area contributed by atoms with Crippen molar-refractivity contribution in [3.8, 4) is 0 Å². The van der Waals surface area contributed by atoms with Crippen molar-refractivity contribution in [2.24, 2.45) is 5.41 Å². The highest BCUT2D eigenvalue weighted by molar-refractivity contribution is 5.46. The van der Waals surface area contributed by atoms with Crippen molar-refractivity contribution in [3.05, 3.63) is 29.8 Å². The molecule has 0 saturated heterocycles. The molecule has 0 atom stereocenters. The smallest absolute Gasteiger partial charge is 0.385 e. The summed E-state index contributed by atoms with van der Waals surface area (Å²) in [5.74, 6) is 0. The van der Waals surface area contributed by atoms with Crippen LogP contribution < -0.4 is 5.32 Å². The van der Waals surface area contributed by atoms with Crippen molar-refractivity contribution >= 4 is 5.69 Å². The highest BCUT2D eigenvalue weighted by atomic mass is 19.4. The van der Waals surface area contributed by atoms with E-state index >= 15 is 0 Å². The molecule has 1 aromatic carbocycles. The minimum absolute atomic E-state index is 0.0359. The van der Waals surface area contributed by atoms with Gasteiger partial charge in [-0.3, -0.25) is 0 Å². The molecule has 0 heterocycles. The summed E-state index contributed by atoms with van der Waals surface area (Å²) in [5.41, 5.74) is -0.0787. The normalized spacial score (nSPS) is 12.6. The molecule has 1 N–H and O–H groups in total. The Balaban J connectivity index is 2.76. The number of hydrogen-bond donors (Lipinski definition) is 1. The fourth-order valence-corrected chi connectivity index (χ4v) is 1.17. The lowest BCUT2D eigenvalue weighted by Crippen LogP contribution is -2.19. The van der Waals surface area contributed by atoms with Crippen LogP contribution in [-0.2, 0) is 6.18 Å². The van der Waals surface area contributed by atoms with Gasteiger partial charge in [0.2, 0.25) is 0 Å². The zero-order valence-corrected chi connectivity index (χ0v) is 9.65. The Hall–Kier alpha value is -1.19. The number of halogens is 3. The number of hydrogen-bond acceptors (Lipinski definition) is 1. The van der Waals surface area contributed by atoms with E-state index in [-0.39, 0.29) is 5.41 Å². The second-order valence-electron chi connectivity index (χ2n) is 4.99. The van der Waals surface area contributed by atoms with Gasteiger partial charge < -0.3 is 5.32 Å². The number of benzene rings is 1. The molecule has 0 spiro atoms. The van der Waals surface area contributed by atoms with Gasteiger partial charge in [0, 0.05) is 12.2 Å². The lowest BCUT2D eigenvalue weighted by molar-refractivity contribution is -0.137. The highest BCUT2D eigenvalue weighted by Crippen LogP contribution is 2.30. The van der Waals surface area contributed by atoms with Crippen LogP contribution in [0.2, 0.25) is 0 Å². The second-order valence-corrected chi connectivity index (χ2v) is 4.99. The van der Waals surface area contributed by atoms with E-state index in [0.29, 0.717) is 12.2 Å². The molecule has 0 bridgehead atoms. The maximum atomic E-state index is 12.4. The molecule has 0 fully saturated rings. The molecule has 1 nitrogen and oxygen atoms in total. The number of nitrogens with one attached hydrogen (secondary N) is 1. The summed E-state index contributed by atoms with van der Waals surface area (Å²) < 4.78 is 37.2. The van der Waals surface area contributed by atoms with Crippen molar-refractivity contribution < 1.29 is 13.2 Å². The summed E-state index contributed by atoms with van der Waals surface area (Å²) >= 11 is 0. The van der Waals surface area contributed by atoms with Crippen LogP contribution in [0.15, 0.2) is 24.3 Å². The monoisotopic (exact) mass is 231 g/mol. The van der Waals surface area contributed by atoms with Gasteiger partial charge in [0.25, 0.3) is 0 Å². The topological polar surface area (TPSA) is 12.0 Å². The quantitative estimate of drug-likeness (QED) is 0.805. The van der Waals surface area contributed by atoms with E-state index in [1.807, 2.05) is 20.8 Å². The van der Waals surface area contributed by atoms with Crippen LogP contribution in [0.5, 0.6) is 0 Å². The van der Waals surface area contributed by atoms with Gasteiger partial charge in [0.15, 0.2) is 0 Å². The van der Waals surface area contributed by atoms with Gasteiger partial charge in [-0.25, -0.2) is 0 Å². The van der Waals surface area contributed by atoms with E-state index in [1.54, 1.807) is 6.07 Å². The van der Waals surface area contributed by atoms with E-state index < -0.39 is 11.7 Å². The third kappa shape index (κ3) is 4.13. The maximum absolute atomic E-state index is 12.4. The van der Waals surface area contributed by atoms with Crippen molar-refractivity contribution in [2.75, 3.05) is 11.9 Å². The molecule has 1 rings (SSSR count). The standard InChI is InChI=1S/C12H16F3N/c1-11(2,3)8-16-10-6-4-5-9(7-10)12(13,14)15/h4-7,16H,8H2,1-3H3. The first-order chi connectivity index (χ1) is 7.18. The van der Waals surface area contributed by atoms with E-state index in [4.69, 9.17) is 0 Å². The number of alkyl halides is 3. The van der Waals surface area contributed by atoms with Crippen molar-refractivity contribution in [2.45, 2.75) is 26.9 Å². The van der Waals surface area contributed by atoms with E-state index in [0.717, 1.165) is 12.1 Å². The zero-order chi connectivity index (χ0) is 12.4. The molecule has 0 unspecified atom stereocenters. The van der Waals surface area contributed by atoms with Crippen LogP contribution in [0.25, 0.3) is 0 Å². The lowest BCUT2D eigenvalue weighted by Gasteiger charge is -2.20. The van der Waals surface area contributed by atoms with Crippen LogP contribution in [0.4, 0.5) is 18.9 Å². The molecule has 0 saturated carbocycles. The molecule has 0 aromatic heterocycles. The first-order valence-electron chi connectivity index (χ1n) is 5.10.